The van der Waals surface area contributed by atoms with Crippen molar-refractivity contribution in [1.29, 1.82) is 0 Å². The zero-order valence-electron chi connectivity index (χ0n) is 12.1. The number of hydrogen-bond donors (Lipinski definition) is 1. The number of halogens is 1. The highest BCUT2D eigenvalue weighted by Gasteiger charge is 2.19. The Morgan fingerprint density at radius 1 is 1.37 bits per heavy atom. The lowest BCUT2D eigenvalue weighted by atomic mass is 10.0. The minimum absolute atomic E-state index is 0.633. The van der Waals surface area contributed by atoms with Gasteiger partial charge in [-0.2, -0.15) is 0 Å². The van der Waals surface area contributed by atoms with Crippen LogP contribution in [0.3, 0.4) is 0 Å². The first kappa shape index (κ1) is 14.7. The SMILES string of the molecule is CCCNCc1ccc(N2CCCCC2C)cc1Cl. The molecule has 1 fully saturated rings. The predicted molar refractivity (Wildman–Crippen MR) is 84.1 cm³/mol. The van der Waals surface area contributed by atoms with Crippen molar-refractivity contribution in [1.82, 2.24) is 5.32 Å². The van der Waals surface area contributed by atoms with Crippen molar-refractivity contribution < 1.29 is 0 Å². The lowest BCUT2D eigenvalue weighted by molar-refractivity contribution is 0.485. The predicted octanol–water partition coefficient (Wildman–Crippen LogP) is 4.22. The third-order valence-corrected chi connectivity index (χ3v) is 4.27. The zero-order valence-corrected chi connectivity index (χ0v) is 12.8. The van der Waals surface area contributed by atoms with Crippen molar-refractivity contribution in [3.05, 3.63) is 28.8 Å². The van der Waals surface area contributed by atoms with Gasteiger partial charge in [0.1, 0.15) is 0 Å². The maximum Gasteiger partial charge on any atom is 0.0471 e. The van der Waals surface area contributed by atoms with E-state index in [1.807, 2.05) is 0 Å². The van der Waals surface area contributed by atoms with Gasteiger partial charge in [0.25, 0.3) is 0 Å². The summed E-state index contributed by atoms with van der Waals surface area (Å²) in [5.41, 5.74) is 2.47. The molecule has 1 aliphatic heterocycles. The van der Waals surface area contributed by atoms with Crippen LogP contribution in [0, 0.1) is 0 Å². The number of nitrogens with one attached hydrogen (secondary N) is 1. The van der Waals surface area contributed by atoms with E-state index in [2.05, 4.69) is 42.3 Å². The molecule has 3 heteroatoms. The van der Waals surface area contributed by atoms with Crippen LogP contribution in [0.15, 0.2) is 18.2 Å². The van der Waals surface area contributed by atoms with Crippen molar-refractivity contribution in [2.45, 2.75) is 52.1 Å². The quantitative estimate of drug-likeness (QED) is 0.813. The molecule has 19 heavy (non-hydrogen) atoms. The Hall–Kier alpha value is -0.730. The fraction of sp³-hybridized carbons (Fsp3) is 0.625. The van der Waals surface area contributed by atoms with Gasteiger partial charge in [0.05, 0.1) is 0 Å². The van der Waals surface area contributed by atoms with Gasteiger partial charge in [0.15, 0.2) is 0 Å². The molecule has 106 valence electrons. The second-order valence-corrected chi connectivity index (χ2v) is 5.90. The molecule has 0 saturated carbocycles. The second-order valence-electron chi connectivity index (χ2n) is 5.49. The average molecular weight is 281 g/mol. The molecule has 0 aromatic heterocycles. The summed E-state index contributed by atoms with van der Waals surface area (Å²) in [6, 6.07) is 7.15. The monoisotopic (exact) mass is 280 g/mol. The molecule has 1 unspecified atom stereocenters. The molecule has 1 aromatic rings. The van der Waals surface area contributed by atoms with Gasteiger partial charge in [-0.25, -0.2) is 0 Å². The fourth-order valence-electron chi connectivity index (χ4n) is 2.74. The number of nitrogens with zero attached hydrogens (tertiary/aromatic N) is 1. The van der Waals surface area contributed by atoms with Crippen LogP contribution in [-0.2, 0) is 6.54 Å². The molecular weight excluding hydrogens is 256 g/mol. The highest BCUT2D eigenvalue weighted by molar-refractivity contribution is 6.31. The molecule has 1 heterocycles. The molecule has 0 radical (unpaired) electrons. The van der Waals surface area contributed by atoms with Gasteiger partial charge >= 0.3 is 0 Å². The molecule has 2 rings (SSSR count). The molecule has 1 atom stereocenters. The Kier molecular flexibility index (Phi) is 5.53. The van der Waals surface area contributed by atoms with Crippen molar-refractivity contribution in [2.24, 2.45) is 0 Å². The van der Waals surface area contributed by atoms with E-state index in [4.69, 9.17) is 11.6 Å². The molecular formula is C16H25ClN2. The summed E-state index contributed by atoms with van der Waals surface area (Å²) in [6.07, 6.45) is 5.09. The summed E-state index contributed by atoms with van der Waals surface area (Å²) in [4.78, 5) is 2.48. The molecule has 1 saturated heterocycles. The van der Waals surface area contributed by atoms with Crippen LogP contribution in [0.1, 0.15) is 45.1 Å². The van der Waals surface area contributed by atoms with Crippen molar-refractivity contribution in [2.75, 3.05) is 18.0 Å². The summed E-state index contributed by atoms with van der Waals surface area (Å²) >= 11 is 6.41. The Balaban J connectivity index is 2.05. The van der Waals surface area contributed by atoms with Crippen LogP contribution in [0.5, 0.6) is 0 Å². The van der Waals surface area contributed by atoms with E-state index < -0.39 is 0 Å². The van der Waals surface area contributed by atoms with E-state index >= 15 is 0 Å². The molecule has 0 amide bonds. The van der Waals surface area contributed by atoms with Crippen LogP contribution in [-0.4, -0.2) is 19.1 Å². The van der Waals surface area contributed by atoms with Gasteiger partial charge in [0, 0.05) is 29.8 Å². The average Bonchev–Trinajstić information content (AvgIpc) is 2.41. The van der Waals surface area contributed by atoms with E-state index in [1.165, 1.54) is 30.5 Å². The Bertz CT molecular complexity index is 406. The van der Waals surface area contributed by atoms with E-state index in [1.54, 1.807) is 0 Å². The number of piperidine rings is 1. The number of hydrogen-bond acceptors (Lipinski definition) is 2. The molecule has 1 N–H and O–H groups in total. The molecule has 0 bridgehead atoms. The van der Waals surface area contributed by atoms with Gasteiger partial charge in [-0.3, -0.25) is 0 Å². The van der Waals surface area contributed by atoms with E-state index in [0.29, 0.717) is 6.04 Å². The van der Waals surface area contributed by atoms with Gasteiger partial charge in [-0.1, -0.05) is 24.6 Å². The normalized spacial score (nSPS) is 19.7. The molecule has 0 spiro atoms. The Morgan fingerprint density at radius 2 is 2.21 bits per heavy atom. The summed E-state index contributed by atoms with van der Waals surface area (Å²) in [5, 5.41) is 4.29. The van der Waals surface area contributed by atoms with E-state index in [9.17, 15) is 0 Å². The summed E-state index contributed by atoms with van der Waals surface area (Å²) < 4.78 is 0. The highest BCUT2D eigenvalue weighted by atomic mass is 35.5. The smallest absolute Gasteiger partial charge is 0.0471 e. The molecule has 1 aliphatic rings. The first-order valence-corrected chi connectivity index (χ1v) is 7.86. The van der Waals surface area contributed by atoms with Crippen molar-refractivity contribution >= 4 is 17.3 Å². The maximum absolute atomic E-state index is 6.41. The summed E-state index contributed by atoms with van der Waals surface area (Å²) in [6.45, 7) is 7.55. The fourth-order valence-corrected chi connectivity index (χ4v) is 2.98. The summed E-state index contributed by atoms with van der Waals surface area (Å²) in [5.74, 6) is 0. The van der Waals surface area contributed by atoms with Crippen LogP contribution in [0.4, 0.5) is 5.69 Å². The van der Waals surface area contributed by atoms with Gasteiger partial charge in [0.2, 0.25) is 0 Å². The number of benzene rings is 1. The number of rotatable bonds is 5. The minimum atomic E-state index is 0.633. The number of anilines is 1. The standard InChI is InChI=1S/C16H25ClN2/c1-3-9-18-12-14-7-8-15(11-16(14)17)19-10-5-4-6-13(19)2/h7-8,11,13,18H,3-6,9-10,12H2,1-2H3. The van der Waals surface area contributed by atoms with Gasteiger partial charge < -0.3 is 10.2 Å². The first-order chi connectivity index (χ1) is 9.22. The lowest BCUT2D eigenvalue weighted by Crippen LogP contribution is -2.37. The van der Waals surface area contributed by atoms with Crippen molar-refractivity contribution in [3.63, 3.8) is 0 Å². The van der Waals surface area contributed by atoms with Gasteiger partial charge in [-0.15, -0.1) is 0 Å². The largest absolute Gasteiger partial charge is 0.369 e. The zero-order chi connectivity index (χ0) is 13.7. The van der Waals surface area contributed by atoms with E-state index in [0.717, 1.165) is 31.1 Å². The third-order valence-electron chi connectivity index (χ3n) is 3.91. The van der Waals surface area contributed by atoms with Crippen LogP contribution >= 0.6 is 11.6 Å². The van der Waals surface area contributed by atoms with Crippen LogP contribution in [0.2, 0.25) is 5.02 Å². The van der Waals surface area contributed by atoms with Crippen LogP contribution in [0.25, 0.3) is 0 Å². The Labute approximate surface area is 122 Å². The topological polar surface area (TPSA) is 15.3 Å². The molecule has 2 nitrogen and oxygen atoms in total. The second kappa shape index (κ2) is 7.16. The minimum Gasteiger partial charge on any atom is -0.369 e. The maximum atomic E-state index is 6.41. The molecule has 0 aliphatic carbocycles. The van der Waals surface area contributed by atoms with E-state index in [-0.39, 0.29) is 0 Å². The first-order valence-electron chi connectivity index (χ1n) is 7.48. The van der Waals surface area contributed by atoms with Crippen molar-refractivity contribution in [3.8, 4) is 0 Å². The summed E-state index contributed by atoms with van der Waals surface area (Å²) in [7, 11) is 0. The van der Waals surface area contributed by atoms with Gasteiger partial charge in [-0.05, 0) is 56.8 Å². The lowest BCUT2D eigenvalue weighted by Gasteiger charge is -2.35. The highest BCUT2D eigenvalue weighted by Crippen LogP contribution is 2.28. The van der Waals surface area contributed by atoms with Crippen LogP contribution < -0.4 is 10.2 Å². The Morgan fingerprint density at radius 3 is 2.89 bits per heavy atom. The third kappa shape index (κ3) is 3.87. The molecule has 1 aromatic carbocycles.